The van der Waals surface area contributed by atoms with E-state index in [1.807, 2.05) is 0 Å². The molecule has 0 saturated heterocycles. The molecule has 0 fully saturated rings. The van der Waals surface area contributed by atoms with Gasteiger partial charge in [0.25, 0.3) is 5.85 Å². The number of alkyl halides is 5. The van der Waals surface area contributed by atoms with Gasteiger partial charge in [-0.1, -0.05) is 27.7 Å². The quantitative estimate of drug-likeness (QED) is 0.368. The van der Waals surface area contributed by atoms with Crippen LogP contribution in [0.4, 0.5) is 22.0 Å². The first-order valence-corrected chi connectivity index (χ1v) is 8.49. The van der Waals surface area contributed by atoms with E-state index >= 15 is 0 Å². The lowest BCUT2D eigenvalue weighted by molar-refractivity contribution is -0.403. The van der Waals surface area contributed by atoms with Crippen LogP contribution in [-0.2, 0) is 9.09 Å². The van der Waals surface area contributed by atoms with Gasteiger partial charge in [0.15, 0.2) is 0 Å². The Bertz CT molecular complexity index is 409. The fraction of sp³-hybridized carbons (Fsp3) is 1.00. The van der Waals surface area contributed by atoms with Crippen molar-refractivity contribution in [3.05, 3.63) is 0 Å². The number of nitrogens with zero attached hydrogens (tertiary/aromatic N) is 2. The summed E-state index contributed by atoms with van der Waals surface area (Å²) in [6.07, 6.45) is -6.08. The second-order valence-corrected chi connectivity index (χ2v) is 5.77. The molecule has 12 heteroatoms. The fourth-order valence-corrected chi connectivity index (χ4v) is 3.10. The fourth-order valence-electron chi connectivity index (χ4n) is 2.42. The molecule has 0 aromatic carbocycles. The molecular weight excluding hydrogens is 350 g/mol. The molecule has 0 atom stereocenters. The minimum atomic E-state index is -6.08. The molecule has 140 valence electrons. The third-order valence-electron chi connectivity index (χ3n) is 3.40. The minimum Gasteiger partial charge on any atom is -0.303 e. The predicted molar refractivity (Wildman–Crippen MR) is 72.7 cm³/mol. The van der Waals surface area contributed by atoms with Crippen molar-refractivity contribution in [2.45, 2.75) is 45.6 Å². The molecule has 0 saturated carbocycles. The van der Waals surface area contributed by atoms with Crippen LogP contribution in [0.3, 0.4) is 0 Å². The largest absolute Gasteiger partial charge is 0.472 e. The second-order valence-electron chi connectivity index (χ2n) is 4.61. The number of phosphoric ester groups is 1. The van der Waals surface area contributed by atoms with Gasteiger partial charge in [-0.3, -0.25) is 9.80 Å². The number of halogens is 5. The first kappa shape index (κ1) is 22.7. The number of phosphoric acid groups is 1. The van der Waals surface area contributed by atoms with Gasteiger partial charge in [-0.15, -0.1) is 0 Å². The summed E-state index contributed by atoms with van der Waals surface area (Å²) in [5, 5.41) is 0. The van der Waals surface area contributed by atoms with E-state index in [0.29, 0.717) is 9.80 Å². The minimum absolute atomic E-state index is 0.349. The lowest BCUT2D eigenvalue weighted by Gasteiger charge is -2.52. The Morgan fingerprint density at radius 3 is 1.35 bits per heavy atom. The first-order chi connectivity index (χ1) is 10.2. The van der Waals surface area contributed by atoms with E-state index in [2.05, 4.69) is 4.52 Å². The van der Waals surface area contributed by atoms with Crippen LogP contribution in [0.5, 0.6) is 0 Å². The van der Waals surface area contributed by atoms with Gasteiger partial charge >= 0.3 is 19.9 Å². The lowest BCUT2D eigenvalue weighted by Crippen LogP contribution is -2.74. The third-order valence-corrected chi connectivity index (χ3v) is 3.89. The third kappa shape index (κ3) is 4.40. The Labute approximate surface area is 131 Å². The molecule has 23 heavy (non-hydrogen) atoms. The lowest BCUT2D eigenvalue weighted by atomic mass is 10.1. The summed E-state index contributed by atoms with van der Waals surface area (Å²) in [5.41, 5.74) is 0. The SMILES string of the molecule is CCN(CC)C(OP(=O)(O)O)(N(CC)CC)C(F)(F)C(F)(F)F. The van der Waals surface area contributed by atoms with Crippen LogP contribution in [0.1, 0.15) is 27.7 Å². The summed E-state index contributed by atoms with van der Waals surface area (Å²) in [5.74, 6) is -9.21. The van der Waals surface area contributed by atoms with Crippen molar-refractivity contribution in [2.75, 3.05) is 26.2 Å². The van der Waals surface area contributed by atoms with Crippen LogP contribution in [0.15, 0.2) is 0 Å². The van der Waals surface area contributed by atoms with E-state index in [9.17, 15) is 26.5 Å². The Balaban J connectivity index is 6.65. The van der Waals surface area contributed by atoms with Gasteiger partial charge in [0, 0.05) is 0 Å². The standard InChI is InChI=1S/C11H22F5N2O4P/c1-5-17(6-2)11(18(7-3)8-4,22-23(19,20)21)9(12,13)10(14,15)16/h5-8H2,1-4H3,(H2,19,20,21). The van der Waals surface area contributed by atoms with Crippen molar-refractivity contribution in [3.63, 3.8) is 0 Å². The molecule has 0 radical (unpaired) electrons. The van der Waals surface area contributed by atoms with E-state index < -0.39 is 25.8 Å². The predicted octanol–water partition coefficient (Wildman–Crippen LogP) is 2.63. The highest BCUT2D eigenvalue weighted by atomic mass is 31.2. The van der Waals surface area contributed by atoms with Gasteiger partial charge in [-0.2, -0.15) is 22.0 Å². The highest BCUT2D eigenvalue weighted by Crippen LogP contribution is 2.55. The van der Waals surface area contributed by atoms with E-state index in [4.69, 9.17) is 9.79 Å². The molecule has 0 aliphatic rings. The normalized spacial score (nSPS) is 14.8. The zero-order valence-electron chi connectivity index (χ0n) is 13.3. The monoisotopic (exact) mass is 372 g/mol. The maximum absolute atomic E-state index is 14.4. The highest BCUT2D eigenvalue weighted by Gasteiger charge is 2.76. The van der Waals surface area contributed by atoms with Crippen LogP contribution in [0, 0.1) is 0 Å². The number of hydrogen-bond donors (Lipinski definition) is 2. The van der Waals surface area contributed by atoms with Gasteiger partial charge < -0.3 is 9.79 Å². The van der Waals surface area contributed by atoms with Gasteiger partial charge in [-0.05, 0) is 26.2 Å². The zero-order chi connectivity index (χ0) is 18.7. The van der Waals surface area contributed by atoms with E-state index in [0.717, 1.165) is 0 Å². The van der Waals surface area contributed by atoms with Crippen LogP contribution in [-0.4, -0.2) is 63.7 Å². The number of rotatable bonds is 9. The van der Waals surface area contributed by atoms with Crippen LogP contribution in [0.25, 0.3) is 0 Å². The smallest absolute Gasteiger partial charge is 0.303 e. The molecule has 0 unspecified atom stereocenters. The van der Waals surface area contributed by atoms with E-state index in [1.54, 1.807) is 0 Å². The average Bonchev–Trinajstić information content (AvgIpc) is 2.37. The van der Waals surface area contributed by atoms with Crippen molar-refractivity contribution in [3.8, 4) is 0 Å². The van der Waals surface area contributed by atoms with Crippen LogP contribution < -0.4 is 0 Å². The molecule has 0 amide bonds. The molecule has 6 nitrogen and oxygen atoms in total. The Morgan fingerprint density at radius 1 is 0.870 bits per heavy atom. The van der Waals surface area contributed by atoms with Gasteiger partial charge in [0.05, 0.1) is 0 Å². The molecule has 0 heterocycles. The Hall–Kier alpha value is -0.320. The maximum Gasteiger partial charge on any atom is 0.472 e. The Morgan fingerprint density at radius 2 is 1.17 bits per heavy atom. The molecule has 0 rings (SSSR count). The topological polar surface area (TPSA) is 73.2 Å². The Kier molecular flexibility index (Phi) is 7.60. The van der Waals surface area contributed by atoms with E-state index in [1.165, 1.54) is 27.7 Å². The second kappa shape index (κ2) is 7.71. The summed E-state index contributed by atoms with van der Waals surface area (Å²) >= 11 is 0. The van der Waals surface area contributed by atoms with E-state index in [-0.39, 0.29) is 26.2 Å². The molecule has 2 N–H and O–H groups in total. The summed E-state index contributed by atoms with van der Waals surface area (Å²) < 4.78 is 83.2. The summed E-state index contributed by atoms with van der Waals surface area (Å²) in [4.78, 5) is 19.1. The average molecular weight is 372 g/mol. The zero-order valence-corrected chi connectivity index (χ0v) is 14.2. The van der Waals surface area contributed by atoms with Crippen molar-refractivity contribution >= 4 is 7.82 Å². The summed E-state index contributed by atoms with van der Waals surface area (Å²) in [6, 6.07) is 0. The molecule has 0 bridgehead atoms. The molecule has 0 aliphatic carbocycles. The van der Waals surface area contributed by atoms with Gasteiger partial charge in [-0.25, -0.2) is 9.09 Å². The summed E-state index contributed by atoms with van der Waals surface area (Å²) in [7, 11) is -5.68. The van der Waals surface area contributed by atoms with Gasteiger partial charge in [0.1, 0.15) is 0 Å². The molecule has 0 aliphatic heterocycles. The van der Waals surface area contributed by atoms with Crippen molar-refractivity contribution < 1.29 is 40.8 Å². The highest BCUT2D eigenvalue weighted by molar-refractivity contribution is 7.46. The molecule has 0 spiro atoms. The molecule has 0 aromatic rings. The first-order valence-electron chi connectivity index (χ1n) is 6.95. The molecular formula is C11H22F5N2O4P. The maximum atomic E-state index is 14.4. The molecule has 0 aromatic heterocycles. The van der Waals surface area contributed by atoms with Gasteiger partial charge in [0.2, 0.25) is 0 Å². The van der Waals surface area contributed by atoms with Crippen LogP contribution >= 0.6 is 7.82 Å². The number of hydrogen-bond acceptors (Lipinski definition) is 4. The van der Waals surface area contributed by atoms with Crippen LogP contribution in [0.2, 0.25) is 0 Å². The van der Waals surface area contributed by atoms with Crippen molar-refractivity contribution in [2.24, 2.45) is 0 Å². The van der Waals surface area contributed by atoms with Crippen molar-refractivity contribution in [1.29, 1.82) is 0 Å². The summed E-state index contributed by atoms with van der Waals surface area (Å²) in [6.45, 7) is 3.76. The van der Waals surface area contributed by atoms with Crippen molar-refractivity contribution in [1.82, 2.24) is 9.80 Å².